The predicted octanol–water partition coefficient (Wildman–Crippen LogP) is 4.91. The van der Waals surface area contributed by atoms with Crippen LogP contribution in [0, 0.1) is 17.0 Å². The van der Waals surface area contributed by atoms with E-state index in [4.69, 9.17) is 16.0 Å². The molecule has 4 rings (SSSR count). The van der Waals surface area contributed by atoms with Gasteiger partial charge in [-0.15, -0.1) is 0 Å². The predicted molar refractivity (Wildman–Crippen MR) is 114 cm³/mol. The number of nitro benzene ring substituents is 1. The second-order valence-corrected chi connectivity index (χ2v) is 7.43. The van der Waals surface area contributed by atoms with Gasteiger partial charge in [-0.2, -0.15) is 0 Å². The molecule has 0 spiro atoms. The number of carbonyl (C=O) groups excluding carboxylic acids is 2. The van der Waals surface area contributed by atoms with Crippen molar-refractivity contribution in [3.05, 3.63) is 92.3 Å². The molecule has 9 heteroatoms. The van der Waals surface area contributed by atoms with Crippen molar-refractivity contribution < 1.29 is 18.9 Å². The highest BCUT2D eigenvalue weighted by atomic mass is 35.5. The van der Waals surface area contributed by atoms with Crippen LogP contribution in [0.15, 0.2) is 64.7 Å². The van der Waals surface area contributed by atoms with Crippen molar-refractivity contribution in [1.29, 1.82) is 0 Å². The van der Waals surface area contributed by atoms with Crippen LogP contribution < -0.4 is 5.32 Å². The molecule has 0 unspecified atom stereocenters. The average molecular weight is 438 g/mol. The highest BCUT2D eigenvalue weighted by molar-refractivity contribution is 6.30. The fraction of sp³-hybridized carbons (Fsp3) is 0.0909. The van der Waals surface area contributed by atoms with E-state index in [-0.39, 0.29) is 40.0 Å². The molecule has 1 aliphatic rings. The van der Waals surface area contributed by atoms with Gasteiger partial charge in [-0.3, -0.25) is 19.8 Å². The van der Waals surface area contributed by atoms with E-state index in [2.05, 4.69) is 5.32 Å². The van der Waals surface area contributed by atoms with E-state index in [0.29, 0.717) is 0 Å². The summed E-state index contributed by atoms with van der Waals surface area (Å²) in [5.41, 5.74) is 1.97. The Balaban J connectivity index is 1.58. The third-order valence-corrected chi connectivity index (χ3v) is 4.96. The van der Waals surface area contributed by atoms with Crippen LogP contribution in [0.3, 0.4) is 0 Å². The number of nitrogens with one attached hydrogen (secondary N) is 1. The van der Waals surface area contributed by atoms with Crippen molar-refractivity contribution in [2.24, 2.45) is 0 Å². The Kier molecular flexibility index (Phi) is 5.31. The summed E-state index contributed by atoms with van der Waals surface area (Å²) in [4.78, 5) is 36.9. The molecular weight excluding hydrogens is 422 g/mol. The fourth-order valence-corrected chi connectivity index (χ4v) is 3.46. The zero-order valence-corrected chi connectivity index (χ0v) is 17.1. The summed E-state index contributed by atoms with van der Waals surface area (Å²) in [6.45, 7) is 2.07. The second-order valence-electron chi connectivity index (χ2n) is 6.99. The topological polar surface area (TPSA) is 106 Å². The van der Waals surface area contributed by atoms with Crippen molar-refractivity contribution >= 4 is 35.3 Å². The van der Waals surface area contributed by atoms with Crippen LogP contribution >= 0.6 is 11.6 Å². The molecule has 1 N–H and O–H groups in total. The van der Waals surface area contributed by atoms with Gasteiger partial charge in [-0.05, 0) is 36.8 Å². The molecule has 0 radical (unpaired) electrons. The molecule has 2 aromatic carbocycles. The summed E-state index contributed by atoms with van der Waals surface area (Å²) in [6.07, 6.45) is 1.39. The number of hydrogen-bond acceptors (Lipinski definition) is 5. The number of urea groups is 1. The zero-order chi connectivity index (χ0) is 22.1. The third kappa shape index (κ3) is 4.19. The van der Waals surface area contributed by atoms with E-state index in [1.807, 2.05) is 31.2 Å². The van der Waals surface area contributed by atoms with Crippen LogP contribution in [0.4, 0.5) is 10.5 Å². The number of furan rings is 1. The first-order chi connectivity index (χ1) is 14.8. The summed E-state index contributed by atoms with van der Waals surface area (Å²) < 4.78 is 5.67. The number of amides is 3. The number of nitrogens with zero attached hydrogens (tertiary/aromatic N) is 2. The second kappa shape index (κ2) is 8.08. The fourth-order valence-electron chi connectivity index (χ4n) is 3.29. The molecule has 0 atom stereocenters. The highest BCUT2D eigenvalue weighted by Gasteiger charge is 2.33. The molecule has 1 aliphatic heterocycles. The molecule has 1 fully saturated rings. The summed E-state index contributed by atoms with van der Waals surface area (Å²) in [5.74, 6) is 0.0193. The van der Waals surface area contributed by atoms with Gasteiger partial charge in [0.1, 0.15) is 17.2 Å². The molecule has 2 heterocycles. The Morgan fingerprint density at radius 2 is 1.97 bits per heavy atom. The van der Waals surface area contributed by atoms with Gasteiger partial charge in [0.2, 0.25) is 0 Å². The van der Waals surface area contributed by atoms with Crippen molar-refractivity contribution in [2.45, 2.75) is 13.5 Å². The molecule has 1 saturated heterocycles. The van der Waals surface area contributed by atoms with Gasteiger partial charge in [0.15, 0.2) is 0 Å². The maximum Gasteiger partial charge on any atom is 0.329 e. The van der Waals surface area contributed by atoms with Gasteiger partial charge >= 0.3 is 6.03 Å². The van der Waals surface area contributed by atoms with Gasteiger partial charge < -0.3 is 9.73 Å². The highest BCUT2D eigenvalue weighted by Crippen LogP contribution is 2.33. The Bertz CT molecular complexity index is 1250. The minimum atomic E-state index is -0.550. The first-order valence-corrected chi connectivity index (χ1v) is 9.64. The normalized spacial score (nSPS) is 14.9. The Morgan fingerprint density at radius 1 is 1.16 bits per heavy atom. The first-order valence-electron chi connectivity index (χ1n) is 9.26. The van der Waals surface area contributed by atoms with E-state index in [0.717, 1.165) is 16.0 Å². The summed E-state index contributed by atoms with van der Waals surface area (Å²) in [5, 5.41) is 14.1. The number of halogens is 1. The number of imide groups is 1. The van der Waals surface area contributed by atoms with Crippen molar-refractivity contribution in [2.75, 3.05) is 0 Å². The van der Waals surface area contributed by atoms with Gasteiger partial charge in [0.25, 0.3) is 11.6 Å². The summed E-state index contributed by atoms with van der Waals surface area (Å²) in [7, 11) is 0. The van der Waals surface area contributed by atoms with Crippen molar-refractivity contribution in [3.63, 3.8) is 0 Å². The molecule has 3 aromatic rings. The maximum absolute atomic E-state index is 12.7. The standard InChI is InChI=1S/C22H16ClN3O5/c1-13-3-2-4-14(9-13)12-25-21(27)18(24-22(25)28)11-16-6-8-20(31-16)17-7-5-15(23)10-19(17)26(29)30/h2-11H,12H2,1H3,(H,24,28)/b18-11+. The molecule has 0 bridgehead atoms. The van der Waals surface area contributed by atoms with Crippen LogP contribution in [0.5, 0.6) is 0 Å². The molecule has 0 aliphatic carbocycles. The number of rotatable bonds is 5. The molecule has 156 valence electrons. The average Bonchev–Trinajstić information content (AvgIpc) is 3.28. The van der Waals surface area contributed by atoms with Gasteiger partial charge in [0, 0.05) is 17.2 Å². The van der Waals surface area contributed by atoms with Crippen molar-refractivity contribution in [1.82, 2.24) is 10.2 Å². The smallest absolute Gasteiger partial charge is 0.329 e. The monoisotopic (exact) mass is 437 g/mol. The van der Waals surface area contributed by atoms with E-state index in [9.17, 15) is 19.7 Å². The lowest BCUT2D eigenvalue weighted by Crippen LogP contribution is -2.30. The minimum Gasteiger partial charge on any atom is -0.456 e. The van der Waals surface area contributed by atoms with Crippen molar-refractivity contribution in [3.8, 4) is 11.3 Å². The van der Waals surface area contributed by atoms with Crippen LogP contribution in [0.2, 0.25) is 5.02 Å². The summed E-state index contributed by atoms with van der Waals surface area (Å²) >= 11 is 5.85. The van der Waals surface area contributed by atoms with Gasteiger partial charge in [0.05, 0.1) is 17.0 Å². The van der Waals surface area contributed by atoms with Gasteiger partial charge in [-0.1, -0.05) is 41.4 Å². The third-order valence-electron chi connectivity index (χ3n) is 4.72. The van der Waals surface area contributed by atoms with E-state index >= 15 is 0 Å². The van der Waals surface area contributed by atoms with Crippen LogP contribution in [0.1, 0.15) is 16.9 Å². The van der Waals surface area contributed by atoms with E-state index in [1.165, 1.54) is 24.3 Å². The first kappa shape index (κ1) is 20.4. The van der Waals surface area contributed by atoms with Crippen LogP contribution in [-0.4, -0.2) is 21.8 Å². The number of benzene rings is 2. The molecule has 0 saturated carbocycles. The van der Waals surface area contributed by atoms with E-state index < -0.39 is 16.9 Å². The van der Waals surface area contributed by atoms with Crippen LogP contribution in [-0.2, 0) is 11.3 Å². The number of hydrogen-bond donors (Lipinski definition) is 1. The Morgan fingerprint density at radius 3 is 2.71 bits per heavy atom. The summed E-state index contributed by atoms with van der Waals surface area (Å²) in [6, 6.07) is 14.4. The lowest BCUT2D eigenvalue weighted by atomic mass is 10.1. The molecule has 1 aromatic heterocycles. The Hall–Kier alpha value is -3.91. The molecule has 8 nitrogen and oxygen atoms in total. The molecular formula is C22H16ClN3O5. The zero-order valence-electron chi connectivity index (χ0n) is 16.3. The SMILES string of the molecule is Cc1cccc(CN2C(=O)N/C(=C/c3ccc(-c4ccc(Cl)cc4[N+](=O)[O-])o3)C2=O)c1. The maximum atomic E-state index is 12.7. The molecule has 3 amide bonds. The minimum absolute atomic E-state index is 0.0594. The quantitative estimate of drug-likeness (QED) is 0.264. The largest absolute Gasteiger partial charge is 0.456 e. The number of carbonyl (C=O) groups is 2. The lowest BCUT2D eigenvalue weighted by Gasteiger charge is -2.12. The Labute approximate surface area is 181 Å². The van der Waals surface area contributed by atoms with E-state index in [1.54, 1.807) is 12.1 Å². The molecule has 31 heavy (non-hydrogen) atoms. The number of nitro groups is 1. The van der Waals surface area contributed by atoms with Gasteiger partial charge in [-0.25, -0.2) is 4.79 Å². The number of aryl methyl sites for hydroxylation is 1. The lowest BCUT2D eigenvalue weighted by molar-refractivity contribution is -0.384. The van der Waals surface area contributed by atoms with Crippen LogP contribution in [0.25, 0.3) is 17.4 Å².